The van der Waals surface area contributed by atoms with Crippen LogP contribution in [0.15, 0.2) is 87.8 Å². The van der Waals surface area contributed by atoms with Gasteiger partial charge < -0.3 is 9.47 Å². The van der Waals surface area contributed by atoms with E-state index in [1.807, 2.05) is 36.4 Å². The number of hydrogen-bond donors (Lipinski definition) is 1. The maximum absolute atomic E-state index is 13.9. The molecule has 44 heavy (non-hydrogen) atoms. The molecule has 8 nitrogen and oxygen atoms in total. The quantitative estimate of drug-likeness (QED) is 0.0777. The maximum Gasteiger partial charge on any atom is 0.267 e. The number of carbonyl (C=O) groups excluding carboxylic acids is 1. The van der Waals surface area contributed by atoms with Crippen LogP contribution in [-0.4, -0.2) is 34.5 Å². The van der Waals surface area contributed by atoms with Crippen molar-refractivity contribution in [2.24, 2.45) is 5.10 Å². The van der Waals surface area contributed by atoms with Crippen LogP contribution >= 0.6 is 34.7 Å². The average Bonchev–Trinajstić information content (AvgIpc) is 3.43. The predicted molar refractivity (Wildman–Crippen MR) is 177 cm³/mol. The first-order valence-corrected chi connectivity index (χ1v) is 16.3. The number of rotatable bonds is 10. The van der Waals surface area contributed by atoms with Gasteiger partial charge in [0.15, 0.2) is 16.7 Å². The number of methoxy groups -OCH3 is 1. The van der Waals surface area contributed by atoms with E-state index in [9.17, 15) is 9.59 Å². The summed E-state index contributed by atoms with van der Waals surface area (Å²) in [5.41, 5.74) is 5.99. The molecule has 0 saturated carbocycles. The van der Waals surface area contributed by atoms with Gasteiger partial charge in [-0.15, -0.1) is 11.3 Å². The summed E-state index contributed by atoms with van der Waals surface area (Å²) in [6.45, 7) is 0.417. The molecule has 3 aromatic carbocycles. The summed E-state index contributed by atoms with van der Waals surface area (Å²) < 4.78 is 13.0. The van der Waals surface area contributed by atoms with Gasteiger partial charge in [0, 0.05) is 9.90 Å². The van der Waals surface area contributed by atoms with E-state index in [4.69, 9.17) is 26.1 Å². The number of thioether (sulfide) groups is 1. The van der Waals surface area contributed by atoms with Crippen LogP contribution in [0, 0.1) is 0 Å². The number of hydrogen-bond acceptors (Lipinski definition) is 8. The third kappa shape index (κ3) is 6.67. The van der Waals surface area contributed by atoms with E-state index in [0.717, 1.165) is 47.2 Å². The minimum Gasteiger partial charge on any atom is -0.493 e. The molecule has 0 bridgehead atoms. The number of thiophene rings is 1. The molecule has 0 unspecified atom stereocenters. The first-order valence-electron chi connectivity index (χ1n) is 14.1. The van der Waals surface area contributed by atoms with Crippen LogP contribution in [0.3, 0.4) is 0 Å². The first-order chi connectivity index (χ1) is 21.5. The fourth-order valence-corrected chi connectivity index (χ4v) is 7.29. The van der Waals surface area contributed by atoms with E-state index >= 15 is 0 Å². The molecule has 2 heterocycles. The summed E-state index contributed by atoms with van der Waals surface area (Å²) >= 11 is 8.90. The van der Waals surface area contributed by atoms with Crippen molar-refractivity contribution in [2.45, 2.75) is 37.4 Å². The minimum atomic E-state index is -0.330. The van der Waals surface area contributed by atoms with Crippen molar-refractivity contribution in [3.8, 4) is 17.2 Å². The number of nitrogens with one attached hydrogen (secondary N) is 1. The number of hydrazone groups is 1. The van der Waals surface area contributed by atoms with Crippen molar-refractivity contribution in [1.29, 1.82) is 0 Å². The highest BCUT2D eigenvalue weighted by Gasteiger charge is 2.23. The highest BCUT2D eigenvalue weighted by molar-refractivity contribution is 7.99. The highest BCUT2D eigenvalue weighted by atomic mass is 35.5. The monoisotopic (exact) mass is 644 g/mol. The van der Waals surface area contributed by atoms with E-state index in [1.165, 1.54) is 22.9 Å². The van der Waals surface area contributed by atoms with Gasteiger partial charge in [-0.05, 0) is 84.8 Å². The standard InChI is InChI=1S/C33H29ClN4O4S2/c1-41-27-17-22(11-16-26(27)42-19-21-7-3-2-4-8-21)18-35-37-29(39)20-43-33-36-31-30(25-9-5-6-10-28(25)44-31)32(40)38(33)24-14-12-23(34)13-15-24/h2-4,7-8,11-18H,5-6,9-10,19-20H2,1H3,(H,37,39)/b35-18+. The molecule has 0 atom stereocenters. The molecule has 1 aliphatic rings. The molecule has 0 aliphatic heterocycles. The van der Waals surface area contributed by atoms with Crippen LogP contribution in [0.4, 0.5) is 0 Å². The third-order valence-corrected chi connectivity index (χ3v) is 9.58. The molecule has 6 rings (SSSR count). The molecule has 11 heteroatoms. The highest BCUT2D eigenvalue weighted by Crippen LogP contribution is 2.35. The average molecular weight is 645 g/mol. The Hall–Kier alpha value is -4.12. The van der Waals surface area contributed by atoms with E-state index in [1.54, 1.807) is 59.4 Å². The zero-order valence-electron chi connectivity index (χ0n) is 23.9. The van der Waals surface area contributed by atoms with Gasteiger partial charge in [-0.25, -0.2) is 10.4 Å². The Morgan fingerprint density at radius 1 is 1.09 bits per heavy atom. The Balaban J connectivity index is 1.15. The number of aryl methyl sites for hydroxylation is 2. The normalized spacial score (nSPS) is 12.8. The van der Waals surface area contributed by atoms with Crippen molar-refractivity contribution in [2.75, 3.05) is 12.9 Å². The zero-order valence-corrected chi connectivity index (χ0v) is 26.3. The van der Waals surface area contributed by atoms with E-state index in [2.05, 4.69) is 10.5 Å². The Labute approximate surface area is 267 Å². The van der Waals surface area contributed by atoms with Gasteiger partial charge in [-0.3, -0.25) is 14.2 Å². The number of fused-ring (bicyclic) bond motifs is 3. The number of amides is 1. The van der Waals surface area contributed by atoms with Gasteiger partial charge in [-0.1, -0.05) is 53.7 Å². The second-order valence-corrected chi connectivity index (χ2v) is 12.6. The molecule has 5 aromatic rings. The molecular formula is C33H29ClN4O4S2. The molecule has 1 amide bonds. The molecule has 0 radical (unpaired) electrons. The molecule has 1 aliphatic carbocycles. The SMILES string of the molecule is COc1cc(/C=N/NC(=O)CSc2nc3sc4c(c3c(=O)n2-c2ccc(Cl)cc2)CCCC4)ccc1OCc1ccccc1. The van der Waals surface area contributed by atoms with E-state index in [-0.39, 0.29) is 17.2 Å². The van der Waals surface area contributed by atoms with Crippen molar-refractivity contribution in [3.05, 3.63) is 110 Å². The van der Waals surface area contributed by atoms with Gasteiger partial charge >= 0.3 is 0 Å². The number of benzene rings is 3. The lowest BCUT2D eigenvalue weighted by Gasteiger charge is -2.13. The second-order valence-electron chi connectivity index (χ2n) is 10.2. The molecular weight excluding hydrogens is 616 g/mol. The molecule has 0 fully saturated rings. The number of nitrogens with zero attached hydrogens (tertiary/aromatic N) is 3. The van der Waals surface area contributed by atoms with Crippen molar-refractivity contribution in [3.63, 3.8) is 0 Å². The molecule has 0 spiro atoms. The molecule has 2 aromatic heterocycles. The first kappa shape index (κ1) is 29.9. The van der Waals surface area contributed by atoms with Gasteiger partial charge in [-0.2, -0.15) is 5.10 Å². The maximum atomic E-state index is 13.9. The lowest BCUT2D eigenvalue weighted by atomic mass is 9.97. The topological polar surface area (TPSA) is 94.8 Å². The zero-order chi connectivity index (χ0) is 30.5. The summed E-state index contributed by atoms with van der Waals surface area (Å²) in [4.78, 5) is 33.5. The number of halogens is 1. The summed E-state index contributed by atoms with van der Waals surface area (Å²) in [5, 5.41) is 5.82. The van der Waals surface area contributed by atoms with Gasteiger partial charge in [0.1, 0.15) is 11.4 Å². The Bertz CT molecular complexity index is 1890. The van der Waals surface area contributed by atoms with Crippen LogP contribution in [0.25, 0.3) is 15.9 Å². The van der Waals surface area contributed by atoms with Crippen molar-refractivity contribution >= 4 is 57.0 Å². The van der Waals surface area contributed by atoms with Gasteiger partial charge in [0.25, 0.3) is 11.5 Å². The van der Waals surface area contributed by atoms with Gasteiger partial charge in [0.2, 0.25) is 0 Å². The summed E-state index contributed by atoms with van der Waals surface area (Å²) in [6.07, 6.45) is 5.57. The second kappa shape index (κ2) is 13.7. The lowest BCUT2D eigenvalue weighted by molar-refractivity contribution is -0.118. The van der Waals surface area contributed by atoms with Crippen molar-refractivity contribution < 1.29 is 14.3 Å². The number of aromatic nitrogens is 2. The van der Waals surface area contributed by atoms with Crippen LogP contribution in [0.5, 0.6) is 11.5 Å². The number of ether oxygens (including phenoxy) is 2. The number of carbonyl (C=O) groups is 1. The summed E-state index contributed by atoms with van der Waals surface area (Å²) in [5.74, 6) is 0.854. The Kier molecular flexibility index (Phi) is 9.30. The van der Waals surface area contributed by atoms with Crippen LogP contribution in [0.2, 0.25) is 5.02 Å². The van der Waals surface area contributed by atoms with Gasteiger partial charge in [0.05, 0.1) is 30.2 Å². The summed E-state index contributed by atoms with van der Waals surface area (Å²) in [6, 6.07) is 22.4. The van der Waals surface area contributed by atoms with E-state index in [0.29, 0.717) is 39.4 Å². The largest absolute Gasteiger partial charge is 0.493 e. The predicted octanol–water partition coefficient (Wildman–Crippen LogP) is 6.81. The smallest absolute Gasteiger partial charge is 0.267 e. The third-order valence-electron chi connectivity index (χ3n) is 7.20. The van der Waals surface area contributed by atoms with Crippen molar-refractivity contribution in [1.82, 2.24) is 15.0 Å². The molecule has 1 N–H and O–H groups in total. The molecule has 224 valence electrons. The summed E-state index contributed by atoms with van der Waals surface area (Å²) in [7, 11) is 1.57. The lowest BCUT2D eigenvalue weighted by Crippen LogP contribution is -2.24. The molecule has 0 saturated heterocycles. The van der Waals surface area contributed by atoms with E-state index < -0.39 is 0 Å². The minimum absolute atomic E-state index is 0.0174. The van der Waals surface area contributed by atoms with Crippen LogP contribution < -0.4 is 20.5 Å². The Morgan fingerprint density at radius 2 is 1.89 bits per heavy atom. The fraction of sp³-hybridized carbons (Fsp3) is 0.212. The Morgan fingerprint density at radius 3 is 2.68 bits per heavy atom. The fourth-order valence-electron chi connectivity index (χ4n) is 5.06. The van der Waals surface area contributed by atoms with Crippen LogP contribution in [0.1, 0.15) is 34.4 Å². The van der Waals surface area contributed by atoms with Crippen LogP contribution in [-0.2, 0) is 24.2 Å².